The van der Waals surface area contributed by atoms with Gasteiger partial charge in [-0.1, -0.05) is 10.7 Å². The summed E-state index contributed by atoms with van der Waals surface area (Å²) in [5.41, 5.74) is -5.52. The molecule has 27 heavy (non-hydrogen) atoms. The zero-order chi connectivity index (χ0) is 20.9. The molecule has 0 radical (unpaired) electrons. The summed E-state index contributed by atoms with van der Waals surface area (Å²) in [6.07, 6.45) is 0.324. The minimum atomic E-state index is -6.06. The van der Waals surface area contributed by atoms with E-state index in [2.05, 4.69) is 6.58 Å². The number of benzene rings is 1. The first kappa shape index (κ1) is 22.9. The lowest BCUT2D eigenvalue weighted by molar-refractivity contribution is -0.139. The third kappa shape index (κ3) is 6.84. The molecule has 8 nitrogen and oxygen atoms in total. The summed E-state index contributed by atoms with van der Waals surface area (Å²) in [6.45, 7) is 5.07. The fourth-order valence-corrected chi connectivity index (χ4v) is 3.90. The van der Waals surface area contributed by atoms with Crippen molar-refractivity contribution < 1.29 is 44.3 Å². The van der Waals surface area contributed by atoms with E-state index < -0.39 is 36.4 Å². The van der Waals surface area contributed by atoms with Gasteiger partial charge in [0.05, 0.1) is 18.1 Å². The van der Waals surface area contributed by atoms with Crippen molar-refractivity contribution in [3.05, 3.63) is 36.4 Å². The van der Waals surface area contributed by atoms with Gasteiger partial charge >= 0.3 is 21.5 Å². The third-order valence-electron chi connectivity index (χ3n) is 2.80. The van der Waals surface area contributed by atoms with Crippen molar-refractivity contribution in [3.8, 4) is 5.75 Å². The van der Waals surface area contributed by atoms with Crippen LogP contribution in [0.5, 0.6) is 5.75 Å². The van der Waals surface area contributed by atoms with E-state index in [-0.39, 0.29) is 24.5 Å². The Kier molecular flexibility index (Phi) is 7.40. The molecule has 1 rings (SSSR count). The van der Waals surface area contributed by atoms with Gasteiger partial charge in [0.25, 0.3) is 10.0 Å². The Bertz CT molecular complexity index is 892. The Labute approximate surface area is 154 Å². The second kappa shape index (κ2) is 8.71. The fraction of sp³-hybridized carbons (Fsp3) is 0.357. The predicted molar refractivity (Wildman–Crippen MR) is 87.6 cm³/mol. The molecule has 13 heteroatoms. The number of alkyl halides is 3. The van der Waals surface area contributed by atoms with E-state index in [4.69, 9.17) is 9.47 Å². The van der Waals surface area contributed by atoms with Crippen LogP contribution in [0.1, 0.15) is 13.3 Å². The molecule has 0 aliphatic rings. The summed E-state index contributed by atoms with van der Waals surface area (Å²) in [5, 5.41) is 0. The molecular formula is C14H16F3NO7S2. The number of nitrogens with one attached hydrogen (secondary N) is 1. The molecule has 152 valence electrons. The van der Waals surface area contributed by atoms with Crippen LogP contribution >= 0.6 is 0 Å². The number of carbonyl (C=O) groups is 1. The largest absolute Gasteiger partial charge is 0.512 e. The van der Waals surface area contributed by atoms with Crippen LogP contribution < -0.4 is 8.86 Å². The lowest BCUT2D eigenvalue weighted by Crippen LogP contribution is -2.40. The molecule has 0 fully saturated rings. The summed E-state index contributed by atoms with van der Waals surface area (Å²) in [5.74, 6) is -0.371. The molecule has 0 spiro atoms. The molecule has 1 aromatic carbocycles. The van der Waals surface area contributed by atoms with Crippen molar-refractivity contribution in [3.63, 3.8) is 0 Å². The summed E-state index contributed by atoms with van der Waals surface area (Å²) >= 11 is 0. The Balaban J connectivity index is 2.63. The van der Waals surface area contributed by atoms with Crippen LogP contribution in [0.25, 0.3) is 0 Å². The molecule has 1 N–H and O–H groups in total. The maximum Gasteiger partial charge on any atom is 0.512 e. The van der Waals surface area contributed by atoms with Gasteiger partial charge in [-0.05, 0) is 31.2 Å². The van der Waals surface area contributed by atoms with Gasteiger partial charge in [0.1, 0.15) is 5.75 Å². The number of sulfonamides is 2. The van der Waals surface area contributed by atoms with E-state index in [1.165, 1.54) is 6.92 Å². The SMILES string of the molecule is C=C(C)C(=O)OCCCOc1ccc(S(=O)(=O)NS(=O)(=O)C(F)(F)F)cc1. The minimum absolute atomic E-state index is 0.0668. The standard InChI is InChI=1S/C14H16F3NO7S2/c1-10(2)13(19)25-9-3-8-24-11-4-6-12(7-5-11)26(20,21)18-27(22,23)14(15,16)17/h4-7,18H,1,3,8-9H2,2H3. The molecule has 1 aromatic rings. The Morgan fingerprint density at radius 3 is 2.15 bits per heavy atom. The predicted octanol–water partition coefficient (Wildman–Crippen LogP) is 1.70. The molecule has 0 bridgehead atoms. The van der Waals surface area contributed by atoms with Crippen molar-refractivity contribution >= 4 is 26.0 Å². The van der Waals surface area contributed by atoms with Crippen LogP contribution in [-0.4, -0.2) is 41.5 Å². The van der Waals surface area contributed by atoms with Crippen LogP contribution in [0.4, 0.5) is 13.2 Å². The average molecular weight is 431 g/mol. The summed E-state index contributed by atoms with van der Waals surface area (Å²) in [6, 6.07) is 4.03. The highest BCUT2D eigenvalue weighted by Crippen LogP contribution is 2.24. The van der Waals surface area contributed by atoms with Gasteiger partial charge in [-0.3, -0.25) is 0 Å². The number of rotatable bonds is 9. The molecule has 0 unspecified atom stereocenters. The first-order chi connectivity index (χ1) is 12.3. The van der Waals surface area contributed by atoms with Crippen LogP contribution in [0.15, 0.2) is 41.3 Å². The van der Waals surface area contributed by atoms with Gasteiger partial charge in [0, 0.05) is 12.0 Å². The minimum Gasteiger partial charge on any atom is -0.493 e. The molecule has 0 saturated heterocycles. The van der Waals surface area contributed by atoms with Gasteiger partial charge in [0.2, 0.25) is 0 Å². The van der Waals surface area contributed by atoms with Crippen molar-refractivity contribution in [2.75, 3.05) is 13.2 Å². The number of hydrogen-bond acceptors (Lipinski definition) is 7. The average Bonchev–Trinajstić information content (AvgIpc) is 2.52. The lowest BCUT2D eigenvalue weighted by atomic mass is 10.3. The van der Waals surface area contributed by atoms with Crippen LogP contribution in [0.3, 0.4) is 0 Å². The maximum atomic E-state index is 12.3. The molecule has 0 aliphatic heterocycles. The Morgan fingerprint density at radius 2 is 1.67 bits per heavy atom. The molecule has 0 aliphatic carbocycles. The highest BCUT2D eigenvalue weighted by atomic mass is 32.3. The quantitative estimate of drug-likeness (QED) is 0.359. The van der Waals surface area contributed by atoms with E-state index in [0.717, 1.165) is 24.3 Å². The zero-order valence-corrected chi connectivity index (χ0v) is 15.6. The monoisotopic (exact) mass is 431 g/mol. The fourth-order valence-electron chi connectivity index (χ4n) is 1.49. The first-order valence-electron chi connectivity index (χ1n) is 7.16. The van der Waals surface area contributed by atoms with Gasteiger partial charge in [-0.25, -0.2) is 21.6 Å². The first-order valence-corrected chi connectivity index (χ1v) is 10.1. The number of carbonyl (C=O) groups excluding carboxylic acids is 1. The normalized spacial score (nSPS) is 12.4. The smallest absolute Gasteiger partial charge is 0.493 e. The molecule has 0 saturated carbocycles. The van der Waals surface area contributed by atoms with Crippen molar-refractivity contribution in [2.45, 2.75) is 23.7 Å². The maximum absolute atomic E-state index is 12.3. The Hall–Kier alpha value is -2.12. The highest BCUT2D eigenvalue weighted by Gasteiger charge is 2.48. The van der Waals surface area contributed by atoms with Crippen molar-refractivity contribution in [1.82, 2.24) is 4.13 Å². The molecule has 0 amide bonds. The summed E-state index contributed by atoms with van der Waals surface area (Å²) < 4.78 is 92.8. The van der Waals surface area contributed by atoms with Crippen LogP contribution in [0, 0.1) is 0 Å². The second-order valence-electron chi connectivity index (χ2n) is 5.13. The molecular weight excluding hydrogens is 415 g/mol. The lowest BCUT2D eigenvalue weighted by Gasteiger charge is -2.11. The van der Waals surface area contributed by atoms with Crippen molar-refractivity contribution in [1.29, 1.82) is 0 Å². The number of ether oxygens (including phenoxy) is 2. The van der Waals surface area contributed by atoms with Crippen molar-refractivity contribution in [2.24, 2.45) is 0 Å². The van der Waals surface area contributed by atoms with Crippen LogP contribution in [0.2, 0.25) is 0 Å². The van der Waals surface area contributed by atoms with Gasteiger partial charge in [-0.15, -0.1) is 0 Å². The molecule has 0 aromatic heterocycles. The summed E-state index contributed by atoms with van der Waals surface area (Å²) in [7, 11) is -11.0. The zero-order valence-electron chi connectivity index (χ0n) is 13.9. The van der Waals surface area contributed by atoms with E-state index in [0.29, 0.717) is 10.5 Å². The third-order valence-corrected chi connectivity index (χ3v) is 6.05. The summed E-state index contributed by atoms with van der Waals surface area (Å²) in [4.78, 5) is 10.4. The second-order valence-corrected chi connectivity index (χ2v) is 8.74. The van der Waals surface area contributed by atoms with Crippen LogP contribution in [-0.2, 0) is 29.6 Å². The topological polar surface area (TPSA) is 116 Å². The number of hydrogen-bond donors (Lipinski definition) is 1. The van der Waals surface area contributed by atoms with Gasteiger partial charge in [-0.2, -0.15) is 13.2 Å². The molecule has 0 atom stereocenters. The highest BCUT2D eigenvalue weighted by molar-refractivity contribution is 8.05. The van der Waals surface area contributed by atoms with Gasteiger partial charge < -0.3 is 9.47 Å². The van der Waals surface area contributed by atoms with E-state index in [1.54, 1.807) is 0 Å². The Morgan fingerprint density at radius 1 is 1.11 bits per heavy atom. The van der Waals surface area contributed by atoms with E-state index in [9.17, 15) is 34.8 Å². The van der Waals surface area contributed by atoms with Gasteiger partial charge in [0.15, 0.2) is 0 Å². The van der Waals surface area contributed by atoms with E-state index in [1.807, 2.05) is 0 Å². The number of esters is 1. The molecule has 0 heterocycles. The number of halogens is 3. The van der Waals surface area contributed by atoms with E-state index >= 15 is 0 Å².